The van der Waals surface area contributed by atoms with Crippen molar-refractivity contribution in [3.8, 4) is 0 Å². The van der Waals surface area contributed by atoms with Crippen LogP contribution in [-0.4, -0.2) is 54.3 Å². The first-order chi connectivity index (χ1) is 11.7. The minimum absolute atomic E-state index is 0.0200. The van der Waals surface area contributed by atoms with E-state index in [2.05, 4.69) is 10.2 Å². The topological polar surface area (TPSA) is 52.7 Å². The van der Waals surface area contributed by atoms with Crippen LogP contribution in [0.5, 0.6) is 0 Å². The molecule has 5 nitrogen and oxygen atoms in total. The number of piperazine rings is 1. The second-order valence-electron chi connectivity index (χ2n) is 5.75. The molecule has 1 saturated heterocycles. The van der Waals surface area contributed by atoms with E-state index in [1.165, 1.54) is 0 Å². The van der Waals surface area contributed by atoms with Gasteiger partial charge in [0.2, 0.25) is 11.8 Å². The Labute approximate surface area is 143 Å². The van der Waals surface area contributed by atoms with Gasteiger partial charge in [0.15, 0.2) is 0 Å². The molecule has 0 radical (unpaired) electrons. The van der Waals surface area contributed by atoms with Crippen LogP contribution in [0.2, 0.25) is 0 Å². The number of carbonyl (C=O) groups excluding carboxylic acids is 2. The molecule has 0 unspecified atom stereocenters. The summed E-state index contributed by atoms with van der Waals surface area (Å²) in [5.74, 6) is 0.0490. The fourth-order valence-electron chi connectivity index (χ4n) is 2.54. The second-order valence-corrected chi connectivity index (χ2v) is 5.75. The number of nitrogens with one attached hydrogen (secondary N) is 1. The molecule has 0 saturated carbocycles. The smallest absolute Gasteiger partial charge is 0.246 e. The summed E-state index contributed by atoms with van der Waals surface area (Å²) in [6.07, 6.45) is 7.06. The maximum absolute atomic E-state index is 12.0. The van der Waals surface area contributed by atoms with Crippen molar-refractivity contribution >= 4 is 11.8 Å². The van der Waals surface area contributed by atoms with Crippen LogP contribution < -0.4 is 5.32 Å². The normalized spacial score (nSPS) is 16.0. The molecule has 1 aromatic rings. The number of benzene rings is 1. The minimum Gasteiger partial charge on any atom is -0.351 e. The van der Waals surface area contributed by atoms with E-state index < -0.39 is 0 Å². The third-order valence-corrected chi connectivity index (χ3v) is 3.93. The molecular formula is C19H25N3O2. The molecule has 128 valence electrons. The van der Waals surface area contributed by atoms with Crippen LogP contribution in [0.1, 0.15) is 12.5 Å². The Morgan fingerprint density at radius 1 is 1.08 bits per heavy atom. The second kappa shape index (κ2) is 9.67. The number of rotatable bonds is 6. The Morgan fingerprint density at radius 3 is 2.46 bits per heavy atom. The zero-order valence-corrected chi connectivity index (χ0v) is 14.1. The van der Waals surface area contributed by atoms with Crippen molar-refractivity contribution in [2.24, 2.45) is 0 Å². The number of hydrogen-bond donors (Lipinski definition) is 1. The van der Waals surface area contributed by atoms with Gasteiger partial charge in [-0.1, -0.05) is 48.6 Å². The average Bonchev–Trinajstić information content (AvgIpc) is 2.61. The molecule has 0 aliphatic carbocycles. The van der Waals surface area contributed by atoms with Crippen molar-refractivity contribution < 1.29 is 9.59 Å². The fraction of sp³-hybridized carbons (Fsp3) is 0.368. The third-order valence-electron chi connectivity index (χ3n) is 3.93. The molecular weight excluding hydrogens is 302 g/mol. The van der Waals surface area contributed by atoms with Crippen LogP contribution in [-0.2, 0) is 16.1 Å². The lowest BCUT2D eigenvalue weighted by atomic mass is 10.2. The summed E-state index contributed by atoms with van der Waals surface area (Å²) in [5.41, 5.74) is 1.09. The predicted octanol–water partition coefficient (Wildman–Crippen LogP) is 1.58. The van der Waals surface area contributed by atoms with E-state index in [-0.39, 0.29) is 11.8 Å². The highest BCUT2D eigenvalue weighted by Crippen LogP contribution is 2.03. The lowest BCUT2D eigenvalue weighted by Crippen LogP contribution is -2.50. The van der Waals surface area contributed by atoms with E-state index in [1.807, 2.05) is 54.3 Å². The first-order valence-corrected chi connectivity index (χ1v) is 8.30. The molecule has 1 N–H and O–H groups in total. The van der Waals surface area contributed by atoms with E-state index in [0.29, 0.717) is 26.2 Å². The summed E-state index contributed by atoms with van der Waals surface area (Å²) in [7, 11) is 0. The number of amides is 2. The first-order valence-electron chi connectivity index (χ1n) is 8.30. The molecule has 0 bridgehead atoms. The van der Waals surface area contributed by atoms with Gasteiger partial charge in [-0.05, 0) is 12.5 Å². The molecule has 1 aliphatic rings. The van der Waals surface area contributed by atoms with Crippen molar-refractivity contribution in [3.05, 3.63) is 60.2 Å². The SMILES string of the molecule is C/C=C/C=C/C(=O)N1CCN(CC(=O)NCc2ccccc2)CC1. The summed E-state index contributed by atoms with van der Waals surface area (Å²) < 4.78 is 0. The molecule has 1 aromatic carbocycles. The number of allylic oxidation sites excluding steroid dienone is 3. The van der Waals surface area contributed by atoms with Gasteiger partial charge in [0.05, 0.1) is 6.54 Å². The third kappa shape index (κ3) is 6.01. The molecule has 1 aliphatic heterocycles. The average molecular weight is 327 g/mol. The van der Waals surface area contributed by atoms with Crippen LogP contribution in [0.25, 0.3) is 0 Å². The van der Waals surface area contributed by atoms with Crippen molar-refractivity contribution in [2.75, 3.05) is 32.7 Å². The largest absolute Gasteiger partial charge is 0.351 e. The van der Waals surface area contributed by atoms with Gasteiger partial charge >= 0.3 is 0 Å². The molecule has 2 rings (SSSR count). The van der Waals surface area contributed by atoms with Crippen LogP contribution in [0.15, 0.2) is 54.6 Å². The molecule has 0 atom stereocenters. The molecule has 0 aromatic heterocycles. The lowest BCUT2D eigenvalue weighted by Gasteiger charge is -2.33. The van der Waals surface area contributed by atoms with E-state index >= 15 is 0 Å². The van der Waals surface area contributed by atoms with Gasteiger partial charge in [-0.3, -0.25) is 14.5 Å². The molecule has 1 fully saturated rings. The van der Waals surface area contributed by atoms with E-state index in [9.17, 15) is 9.59 Å². The Hall–Kier alpha value is -2.40. The number of nitrogens with zero attached hydrogens (tertiary/aromatic N) is 2. The Balaban J connectivity index is 1.68. The number of hydrogen-bond acceptors (Lipinski definition) is 3. The van der Waals surface area contributed by atoms with Crippen molar-refractivity contribution in [1.29, 1.82) is 0 Å². The van der Waals surface area contributed by atoms with Gasteiger partial charge < -0.3 is 10.2 Å². The predicted molar refractivity (Wildman–Crippen MR) is 95.3 cm³/mol. The van der Waals surface area contributed by atoms with Gasteiger partial charge in [0, 0.05) is 38.8 Å². The quantitative estimate of drug-likeness (QED) is 0.637. The van der Waals surface area contributed by atoms with Crippen LogP contribution in [0.4, 0.5) is 0 Å². The summed E-state index contributed by atoms with van der Waals surface area (Å²) in [6, 6.07) is 9.86. The Morgan fingerprint density at radius 2 is 1.79 bits per heavy atom. The van der Waals surface area contributed by atoms with E-state index in [4.69, 9.17) is 0 Å². The minimum atomic E-state index is 0.0200. The van der Waals surface area contributed by atoms with Crippen LogP contribution in [0, 0.1) is 0 Å². The van der Waals surface area contributed by atoms with E-state index in [0.717, 1.165) is 18.7 Å². The van der Waals surface area contributed by atoms with Gasteiger partial charge in [-0.2, -0.15) is 0 Å². The Bertz CT molecular complexity index is 588. The van der Waals surface area contributed by atoms with Gasteiger partial charge in [0.1, 0.15) is 0 Å². The van der Waals surface area contributed by atoms with Crippen molar-refractivity contribution in [1.82, 2.24) is 15.1 Å². The number of carbonyl (C=O) groups is 2. The zero-order chi connectivity index (χ0) is 17.2. The molecule has 0 spiro atoms. The summed E-state index contributed by atoms with van der Waals surface area (Å²) in [4.78, 5) is 27.9. The fourth-order valence-corrected chi connectivity index (χ4v) is 2.54. The summed E-state index contributed by atoms with van der Waals surface area (Å²) >= 11 is 0. The maximum Gasteiger partial charge on any atom is 0.246 e. The summed E-state index contributed by atoms with van der Waals surface area (Å²) in [5, 5.41) is 2.93. The zero-order valence-electron chi connectivity index (χ0n) is 14.1. The monoisotopic (exact) mass is 327 g/mol. The molecule has 24 heavy (non-hydrogen) atoms. The van der Waals surface area contributed by atoms with Crippen molar-refractivity contribution in [3.63, 3.8) is 0 Å². The summed E-state index contributed by atoms with van der Waals surface area (Å²) in [6.45, 7) is 5.60. The highest BCUT2D eigenvalue weighted by atomic mass is 16.2. The van der Waals surface area contributed by atoms with Gasteiger partial charge in [-0.15, -0.1) is 0 Å². The highest BCUT2D eigenvalue weighted by molar-refractivity contribution is 5.88. The molecule has 2 amide bonds. The van der Waals surface area contributed by atoms with Crippen LogP contribution >= 0.6 is 0 Å². The molecule has 5 heteroatoms. The van der Waals surface area contributed by atoms with Crippen molar-refractivity contribution in [2.45, 2.75) is 13.5 Å². The van der Waals surface area contributed by atoms with Crippen LogP contribution in [0.3, 0.4) is 0 Å². The van der Waals surface area contributed by atoms with Gasteiger partial charge in [-0.25, -0.2) is 0 Å². The molecule has 1 heterocycles. The van der Waals surface area contributed by atoms with Gasteiger partial charge in [0.25, 0.3) is 0 Å². The highest BCUT2D eigenvalue weighted by Gasteiger charge is 2.20. The Kier molecular flexibility index (Phi) is 7.23. The lowest BCUT2D eigenvalue weighted by molar-refractivity contribution is -0.128. The standard InChI is InChI=1S/C19H25N3O2/c1-2-3-5-10-19(24)22-13-11-21(12-14-22)16-18(23)20-15-17-8-6-4-7-9-17/h2-10H,11-16H2,1H3,(H,20,23)/b3-2+,10-5+. The van der Waals surface area contributed by atoms with E-state index in [1.54, 1.807) is 12.2 Å². The first kappa shape index (κ1) is 17.9. The maximum atomic E-state index is 12.0.